The van der Waals surface area contributed by atoms with Gasteiger partial charge in [0.25, 0.3) is 5.91 Å². The van der Waals surface area contributed by atoms with Gasteiger partial charge in [-0.15, -0.1) is 12.8 Å². The predicted octanol–water partition coefficient (Wildman–Crippen LogP) is 15.8. The van der Waals surface area contributed by atoms with Gasteiger partial charge in [0.05, 0.1) is 5.56 Å². The molecule has 2 aromatic rings. The van der Waals surface area contributed by atoms with Gasteiger partial charge in [-0.2, -0.15) is 0 Å². The Hall–Kier alpha value is -3.35. The zero-order valence-corrected chi connectivity index (χ0v) is 36.5. The maximum Gasteiger partial charge on any atom is 0.257 e. The Morgan fingerprint density at radius 3 is 1.14 bits per heavy atom. The minimum atomic E-state index is -0.00447. The average molecular weight is 766 g/mol. The summed E-state index contributed by atoms with van der Waals surface area (Å²) in [6, 6.07) is 11.6. The molecule has 3 nitrogen and oxygen atoms in total. The van der Waals surface area contributed by atoms with E-state index < -0.39 is 0 Å². The first-order chi connectivity index (χ1) is 27.6. The molecule has 1 N–H and O–H groups in total. The van der Waals surface area contributed by atoms with E-state index in [0.29, 0.717) is 5.56 Å². The average Bonchev–Trinajstić information content (AvgIpc) is 3.22. The molecule has 2 aromatic carbocycles. The van der Waals surface area contributed by atoms with Crippen LogP contribution in [0.4, 0.5) is 0 Å². The van der Waals surface area contributed by atoms with Crippen LogP contribution >= 0.6 is 0 Å². The number of phenols is 1. The SMILES string of the molecule is C#CC#CC#C.CCCCCCCCCCCCCCCCCCN(CCCCCCCCCCCCCCCCCC)C(=O)c1ccc2ccccc2c1O. The highest BCUT2D eigenvalue weighted by molar-refractivity contribution is 6.03. The number of benzene rings is 2. The number of terminal acetylenes is 2. The molecule has 0 atom stereocenters. The standard InChI is InChI=1S/C47H81NO2.C6H2/c1-3-5-7-9-11-13-15-17-19-21-23-25-27-29-31-35-41-48(47(50)45-40-39-43-37-33-34-38-44(43)46(45)49)42-36-32-30-28-26-24-22-20-18-16-14-12-10-8-6-4-2;1-3-5-6-4-2/h33-34,37-40,49H,3-32,35-36,41-42H2,1-2H3;1-2H. The van der Waals surface area contributed by atoms with Gasteiger partial charge in [-0.3, -0.25) is 4.79 Å². The molecule has 0 saturated heterocycles. The second-order valence-electron chi connectivity index (χ2n) is 16.1. The van der Waals surface area contributed by atoms with Gasteiger partial charge < -0.3 is 10.0 Å². The van der Waals surface area contributed by atoms with Gasteiger partial charge in [0, 0.05) is 18.5 Å². The molecule has 0 saturated carbocycles. The number of fused-ring (bicyclic) bond motifs is 1. The molecule has 0 aliphatic heterocycles. The number of hydrogen-bond acceptors (Lipinski definition) is 2. The van der Waals surface area contributed by atoms with E-state index in [4.69, 9.17) is 12.8 Å². The molecule has 56 heavy (non-hydrogen) atoms. The minimum absolute atomic E-state index is 0.00447. The van der Waals surface area contributed by atoms with Crippen LogP contribution in [-0.2, 0) is 0 Å². The maximum atomic E-state index is 13.8. The molecule has 0 bridgehead atoms. The van der Waals surface area contributed by atoms with E-state index in [2.05, 4.69) is 37.5 Å². The van der Waals surface area contributed by atoms with Gasteiger partial charge in [0.1, 0.15) is 5.75 Å². The highest BCUT2D eigenvalue weighted by Crippen LogP contribution is 2.30. The van der Waals surface area contributed by atoms with Crippen molar-refractivity contribution in [3.05, 3.63) is 42.0 Å². The van der Waals surface area contributed by atoms with E-state index in [9.17, 15) is 9.90 Å². The summed E-state index contributed by atoms with van der Waals surface area (Å²) in [5.74, 6) is 8.74. The van der Waals surface area contributed by atoms with E-state index >= 15 is 0 Å². The Bertz CT molecular complexity index is 1310. The fourth-order valence-electron chi connectivity index (χ4n) is 7.69. The van der Waals surface area contributed by atoms with E-state index in [1.54, 1.807) is 0 Å². The van der Waals surface area contributed by atoms with Crippen molar-refractivity contribution in [3.63, 3.8) is 0 Å². The fourth-order valence-corrected chi connectivity index (χ4v) is 7.69. The van der Waals surface area contributed by atoms with Gasteiger partial charge in [-0.25, -0.2) is 0 Å². The fraction of sp³-hybridized carbons (Fsp3) is 0.679. The zero-order valence-electron chi connectivity index (χ0n) is 36.5. The lowest BCUT2D eigenvalue weighted by molar-refractivity contribution is 0.0746. The topological polar surface area (TPSA) is 40.5 Å². The minimum Gasteiger partial charge on any atom is -0.506 e. The molecule has 312 valence electrons. The van der Waals surface area contributed by atoms with E-state index in [1.807, 2.05) is 41.3 Å². The predicted molar refractivity (Wildman–Crippen MR) is 246 cm³/mol. The molecular weight excluding hydrogens is 683 g/mol. The summed E-state index contributed by atoms with van der Waals surface area (Å²) < 4.78 is 0. The Balaban J connectivity index is 0.00000241. The maximum absolute atomic E-state index is 13.8. The molecule has 0 unspecified atom stereocenters. The first-order valence-electron chi connectivity index (χ1n) is 23.5. The number of hydrogen-bond donors (Lipinski definition) is 1. The largest absolute Gasteiger partial charge is 0.506 e. The first-order valence-corrected chi connectivity index (χ1v) is 23.5. The highest BCUT2D eigenvalue weighted by atomic mass is 16.3. The number of carbonyl (C=O) groups excluding carboxylic acids is 1. The second-order valence-corrected chi connectivity index (χ2v) is 16.1. The number of rotatable bonds is 35. The Labute approximate surface area is 347 Å². The quantitative estimate of drug-likeness (QED) is 0.0561. The van der Waals surface area contributed by atoms with E-state index in [0.717, 1.165) is 36.7 Å². The lowest BCUT2D eigenvalue weighted by Gasteiger charge is -2.24. The van der Waals surface area contributed by atoms with Crippen LogP contribution in [-0.4, -0.2) is 29.0 Å². The van der Waals surface area contributed by atoms with Crippen LogP contribution in [0.3, 0.4) is 0 Å². The summed E-state index contributed by atoms with van der Waals surface area (Å²) in [5, 5.41) is 12.8. The lowest BCUT2D eigenvalue weighted by Crippen LogP contribution is -2.33. The van der Waals surface area contributed by atoms with Crippen molar-refractivity contribution >= 4 is 16.7 Å². The molecule has 0 fully saturated rings. The first kappa shape index (κ1) is 50.7. The molecule has 2 rings (SSSR count). The van der Waals surface area contributed by atoms with Crippen LogP contribution in [0.25, 0.3) is 10.8 Å². The summed E-state index contributed by atoms with van der Waals surface area (Å²) >= 11 is 0. The van der Waals surface area contributed by atoms with E-state index in [-0.39, 0.29) is 11.7 Å². The van der Waals surface area contributed by atoms with Gasteiger partial charge in [0.2, 0.25) is 0 Å². The number of aromatic hydroxyl groups is 1. The summed E-state index contributed by atoms with van der Waals surface area (Å²) in [6.45, 7) is 6.17. The van der Waals surface area contributed by atoms with Crippen LogP contribution < -0.4 is 0 Å². The number of nitrogens with zero attached hydrogens (tertiary/aromatic N) is 1. The Kier molecular flexibility index (Phi) is 34.9. The van der Waals surface area contributed by atoms with Crippen molar-refractivity contribution in [2.75, 3.05) is 13.1 Å². The van der Waals surface area contributed by atoms with Gasteiger partial charge in [-0.1, -0.05) is 237 Å². The summed E-state index contributed by atoms with van der Waals surface area (Å²) in [6.07, 6.45) is 52.8. The van der Waals surface area contributed by atoms with Crippen molar-refractivity contribution in [3.8, 4) is 42.3 Å². The van der Waals surface area contributed by atoms with Crippen molar-refractivity contribution in [1.82, 2.24) is 4.90 Å². The number of carbonyl (C=O) groups is 1. The summed E-state index contributed by atoms with van der Waals surface area (Å²) in [4.78, 5) is 15.8. The molecule has 0 radical (unpaired) electrons. The van der Waals surface area contributed by atoms with Gasteiger partial charge >= 0.3 is 0 Å². The van der Waals surface area contributed by atoms with Crippen molar-refractivity contribution in [1.29, 1.82) is 0 Å². The highest BCUT2D eigenvalue weighted by Gasteiger charge is 2.20. The lowest BCUT2D eigenvalue weighted by atomic mass is 10.0. The Morgan fingerprint density at radius 1 is 0.482 bits per heavy atom. The monoisotopic (exact) mass is 766 g/mol. The van der Waals surface area contributed by atoms with Crippen molar-refractivity contribution in [2.24, 2.45) is 0 Å². The molecule has 3 heteroatoms. The molecule has 0 aliphatic carbocycles. The molecule has 0 heterocycles. The molecule has 1 amide bonds. The van der Waals surface area contributed by atoms with Crippen LogP contribution in [0.1, 0.15) is 230 Å². The van der Waals surface area contributed by atoms with Crippen LogP contribution in [0.2, 0.25) is 0 Å². The molecule has 0 aliphatic rings. The molecular formula is C53H83NO2. The summed E-state index contributed by atoms with van der Waals surface area (Å²) in [5.41, 5.74) is 0.455. The van der Waals surface area contributed by atoms with Gasteiger partial charge in [-0.05, 0) is 48.0 Å². The normalized spacial score (nSPS) is 10.6. The van der Waals surface area contributed by atoms with E-state index in [1.165, 1.54) is 193 Å². The molecule has 0 spiro atoms. The third-order valence-electron chi connectivity index (χ3n) is 11.2. The molecule has 0 aromatic heterocycles. The summed E-state index contributed by atoms with van der Waals surface area (Å²) in [7, 11) is 0. The van der Waals surface area contributed by atoms with Crippen LogP contribution in [0.5, 0.6) is 5.75 Å². The van der Waals surface area contributed by atoms with Crippen LogP contribution in [0, 0.1) is 36.5 Å². The Morgan fingerprint density at radius 2 is 0.804 bits per heavy atom. The second kappa shape index (κ2) is 38.5. The zero-order chi connectivity index (χ0) is 40.6. The number of phenolic OH excluding ortho intramolecular Hbond substituents is 1. The van der Waals surface area contributed by atoms with Gasteiger partial charge in [0.15, 0.2) is 0 Å². The number of unbranched alkanes of at least 4 members (excludes halogenated alkanes) is 30. The smallest absolute Gasteiger partial charge is 0.257 e. The van der Waals surface area contributed by atoms with Crippen molar-refractivity contribution in [2.45, 2.75) is 219 Å². The number of amides is 1. The van der Waals surface area contributed by atoms with Crippen LogP contribution in [0.15, 0.2) is 36.4 Å². The third kappa shape index (κ3) is 27.3. The third-order valence-corrected chi connectivity index (χ3v) is 11.2. The van der Waals surface area contributed by atoms with Crippen molar-refractivity contribution < 1.29 is 9.90 Å².